The van der Waals surface area contributed by atoms with Gasteiger partial charge in [-0.2, -0.15) is 0 Å². The molecule has 0 atom stereocenters. The first-order valence-corrected chi connectivity index (χ1v) is 13.1. The molecule has 0 saturated carbocycles. The average molecular weight is 474 g/mol. The third-order valence-corrected chi connectivity index (χ3v) is 7.92. The summed E-state index contributed by atoms with van der Waals surface area (Å²) < 4.78 is 5.10. The molecule has 0 fully saturated rings. The number of thiazole rings is 1. The fourth-order valence-corrected chi connectivity index (χ4v) is 5.42. The minimum atomic E-state index is -0.276. The van der Waals surface area contributed by atoms with E-state index in [4.69, 9.17) is 4.74 Å². The summed E-state index contributed by atoms with van der Waals surface area (Å²) in [5.41, 5.74) is 7.62. The van der Waals surface area contributed by atoms with E-state index in [-0.39, 0.29) is 16.8 Å². The molecule has 1 aliphatic carbocycles. The second-order valence-corrected chi connectivity index (χ2v) is 11.4. The Balaban J connectivity index is 1.68. The third kappa shape index (κ3) is 5.33. The molecule has 0 spiro atoms. The van der Waals surface area contributed by atoms with Crippen molar-refractivity contribution in [3.05, 3.63) is 86.4 Å². The van der Waals surface area contributed by atoms with Crippen LogP contribution < -0.4 is 0 Å². The van der Waals surface area contributed by atoms with Crippen molar-refractivity contribution in [2.75, 3.05) is 6.61 Å². The maximum atomic E-state index is 12.0. The van der Waals surface area contributed by atoms with Crippen LogP contribution in [0, 0.1) is 0 Å². The van der Waals surface area contributed by atoms with Gasteiger partial charge < -0.3 is 4.74 Å². The lowest BCUT2D eigenvalue weighted by Gasteiger charge is -2.42. The number of benzene rings is 2. The first kappa shape index (κ1) is 24.4. The van der Waals surface area contributed by atoms with E-state index in [0.29, 0.717) is 12.2 Å². The minimum absolute atomic E-state index is 0.169. The van der Waals surface area contributed by atoms with Crippen molar-refractivity contribution in [1.29, 1.82) is 0 Å². The number of fused-ring (bicyclic) bond motifs is 1. The lowest BCUT2D eigenvalue weighted by molar-refractivity contribution is 0.0526. The van der Waals surface area contributed by atoms with Crippen molar-refractivity contribution in [2.24, 2.45) is 0 Å². The number of carbonyl (C=O) groups excluding carboxylic acids is 1. The molecule has 0 aliphatic heterocycles. The number of aryl methyl sites for hydroxylation is 2. The molecule has 0 radical (unpaired) electrons. The van der Waals surface area contributed by atoms with Gasteiger partial charge in [0.05, 0.1) is 17.2 Å². The van der Waals surface area contributed by atoms with Crippen molar-refractivity contribution >= 4 is 29.5 Å². The Hall–Kier alpha value is -2.72. The van der Waals surface area contributed by atoms with Gasteiger partial charge in [0.2, 0.25) is 0 Å². The summed E-state index contributed by atoms with van der Waals surface area (Å²) in [6.07, 6.45) is 10.6. The highest BCUT2D eigenvalue weighted by Crippen LogP contribution is 2.46. The van der Waals surface area contributed by atoms with Gasteiger partial charge >= 0.3 is 5.97 Å². The third-order valence-electron chi connectivity index (χ3n) is 7.08. The Bertz CT molecular complexity index is 1170. The molecule has 0 N–H and O–H groups in total. The molecular formula is C30H35NO2S. The molecule has 0 bridgehead atoms. The number of esters is 1. The Morgan fingerprint density at radius 2 is 1.68 bits per heavy atom. The summed E-state index contributed by atoms with van der Waals surface area (Å²) in [4.78, 5) is 16.4. The van der Waals surface area contributed by atoms with E-state index in [9.17, 15) is 4.79 Å². The number of nitrogens with zero attached hydrogens (tertiary/aromatic N) is 1. The molecule has 3 nitrogen and oxygen atoms in total. The maximum Gasteiger partial charge on any atom is 0.338 e. The molecule has 0 saturated heterocycles. The molecule has 34 heavy (non-hydrogen) atoms. The second-order valence-electron chi connectivity index (χ2n) is 10.5. The lowest BCUT2D eigenvalue weighted by Crippen LogP contribution is -2.34. The molecule has 2 aromatic carbocycles. The summed E-state index contributed by atoms with van der Waals surface area (Å²) in [5, 5.41) is 3.23. The summed E-state index contributed by atoms with van der Waals surface area (Å²) in [6, 6.07) is 12.5. The highest BCUT2D eigenvalue weighted by atomic mass is 32.1. The van der Waals surface area contributed by atoms with E-state index >= 15 is 0 Å². The van der Waals surface area contributed by atoms with Crippen molar-refractivity contribution in [2.45, 2.75) is 71.1 Å². The van der Waals surface area contributed by atoms with Crippen LogP contribution in [-0.2, 0) is 28.4 Å². The predicted octanol–water partition coefficient (Wildman–Crippen LogP) is 7.62. The van der Waals surface area contributed by atoms with Crippen molar-refractivity contribution in [3.63, 3.8) is 0 Å². The SMILES string of the molecule is CCOC(=O)c1ccc(C=Cc2cc3c(cc2CCc2nccs2)C(C)(C)CCC3(C)C)cc1. The van der Waals surface area contributed by atoms with Gasteiger partial charge in [-0.05, 0) is 77.0 Å². The first-order valence-electron chi connectivity index (χ1n) is 12.2. The van der Waals surface area contributed by atoms with Gasteiger partial charge in [-0.3, -0.25) is 0 Å². The van der Waals surface area contributed by atoms with Gasteiger partial charge in [0.25, 0.3) is 0 Å². The minimum Gasteiger partial charge on any atom is -0.462 e. The van der Waals surface area contributed by atoms with Crippen molar-refractivity contribution in [3.8, 4) is 0 Å². The number of aromatic nitrogens is 1. The van der Waals surface area contributed by atoms with Gasteiger partial charge in [0.15, 0.2) is 0 Å². The lowest BCUT2D eigenvalue weighted by atomic mass is 9.62. The Morgan fingerprint density at radius 1 is 1.00 bits per heavy atom. The van der Waals surface area contributed by atoms with Crippen molar-refractivity contribution in [1.82, 2.24) is 4.98 Å². The quantitative estimate of drug-likeness (QED) is 0.262. The Labute approximate surface area is 207 Å². The topological polar surface area (TPSA) is 39.2 Å². The van der Waals surface area contributed by atoms with Gasteiger partial charge in [-0.1, -0.05) is 64.1 Å². The van der Waals surface area contributed by atoms with Gasteiger partial charge in [0.1, 0.15) is 0 Å². The molecule has 0 unspecified atom stereocenters. The molecule has 3 aromatic rings. The summed E-state index contributed by atoms with van der Waals surface area (Å²) in [7, 11) is 0. The highest BCUT2D eigenvalue weighted by Gasteiger charge is 2.37. The number of rotatable bonds is 7. The summed E-state index contributed by atoms with van der Waals surface area (Å²) >= 11 is 1.73. The smallest absolute Gasteiger partial charge is 0.338 e. The highest BCUT2D eigenvalue weighted by molar-refractivity contribution is 7.09. The molecule has 0 amide bonds. The number of hydrogen-bond acceptors (Lipinski definition) is 4. The van der Waals surface area contributed by atoms with Crippen molar-refractivity contribution < 1.29 is 9.53 Å². The molecule has 178 valence electrons. The van der Waals surface area contributed by atoms with Crippen LogP contribution in [0.15, 0.2) is 48.0 Å². The van der Waals surface area contributed by atoms with E-state index in [1.54, 1.807) is 11.3 Å². The molecule has 4 rings (SSSR count). The van der Waals surface area contributed by atoms with E-state index in [1.807, 2.05) is 37.4 Å². The normalized spacial score (nSPS) is 16.4. The van der Waals surface area contributed by atoms with Gasteiger partial charge in [-0.15, -0.1) is 11.3 Å². The molecule has 4 heteroatoms. The maximum absolute atomic E-state index is 12.0. The van der Waals surface area contributed by atoms with Gasteiger partial charge in [0, 0.05) is 18.0 Å². The Morgan fingerprint density at radius 3 is 2.29 bits per heavy atom. The number of carbonyl (C=O) groups is 1. The largest absolute Gasteiger partial charge is 0.462 e. The van der Waals surface area contributed by atoms with Crippen LogP contribution in [0.1, 0.15) is 90.6 Å². The van der Waals surface area contributed by atoms with Crippen LogP contribution in [0.25, 0.3) is 12.2 Å². The summed E-state index contributed by atoms with van der Waals surface area (Å²) in [5.74, 6) is -0.276. The second kappa shape index (κ2) is 9.87. The van der Waals surface area contributed by atoms with E-state index in [1.165, 1.54) is 40.1 Å². The first-order chi connectivity index (χ1) is 16.2. The van der Waals surface area contributed by atoms with Crippen LogP contribution in [0.3, 0.4) is 0 Å². The monoisotopic (exact) mass is 473 g/mol. The molecule has 1 aromatic heterocycles. The van der Waals surface area contributed by atoms with Crippen LogP contribution >= 0.6 is 11.3 Å². The standard InChI is InChI=1S/C30H35NO2S/c1-6-33-28(32)22-10-7-21(8-11-22)9-12-23-19-25-26(30(4,5)16-15-29(25,2)3)20-24(23)13-14-27-31-17-18-34-27/h7-12,17-20H,6,13-16H2,1-5H3. The van der Waals surface area contributed by atoms with E-state index in [0.717, 1.165) is 18.4 Å². The molecule has 1 heterocycles. The van der Waals surface area contributed by atoms with E-state index < -0.39 is 0 Å². The summed E-state index contributed by atoms with van der Waals surface area (Å²) in [6.45, 7) is 11.7. The molecular weight excluding hydrogens is 438 g/mol. The average Bonchev–Trinajstić information content (AvgIpc) is 3.33. The van der Waals surface area contributed by atoms with E-state index in [2.05, 4.69) is 62.3 Å². The zero-order valence-electron chi connectivity index (χ0n) is 21.0. The van der Waals surface area contributed by atoms with Gasteiger partial charge in [-0.25, -0.2) is 9.78 Å². The van der Waals surface area contributed by atoms with Crippen LogP contribution in [0.5, 0.6) is 0 Å². The number of ether oxygens (including phenoxy) is 1. The van der Waals surface area contributed by atoms with Crippen LogP contribution in [-0.4, -0.2) is 17.6 Å². The predicted molar refractivity (Wildman–Crippen MR) is 143 cm³/mol. The fraction of sp³-hybridized carbons (Fsp3) is 0.400. The molecule has 1 aliphatic rings. The fourth-order valence-electron chi connectivity index (χ4n) is 4.80. The number of hydrogen-bond donors (Lipinski definition) is 0. The van der Waals surface area contributed by atoms with Crippen LogP contribution in [0.4, 0.5) is 0 Å². The zero-order valence-corrected chi connectivity index (χ0v) is 21.8. The zero-order chi connectivity index (χ0) is 24.3. The Kier molecular flexibility index (Phi) is 7.09. The van der Waals surface area contributed by atoms with Crippen LogP contribution in [0.2, 0.25) is 0 Å².